The molecular weight excluding hydrogens is 259 g/mol. The fraction of sp³-hybridized carbons (Fsp3) is 0.533. The van der Waals surface area contributed by atoms with Crippen LogP contribution in [0.1, 0.15) is 31.1 Å². The first kappa shape index (κ1) is 14.8. The molecule has 0 bridgehead atoms. The zero-order chi connectivity index (χ0) is 14.9. The van der Waals surface area contributed by atoms with Crippen molar-refractivity contribution in [2.24, 2.45) is 0 Å². The van der Waals surface area contributed by atoms with Crippen LogP contribution in [-0.2, 0) is 4.79 Å². The lowest BCUT2D eigenvalue weighted by Crippen LogP contribution is -2.48. The zero-order valence-corrected chi connectivity index (χ0v) is 12.2. The van der Waals surface area contributed by atoms with Gasteiger partial charge in [0.25, 0.3) is 0 Å². The molecule has 1 N–H and O–H groups in total. The van der Waals surface area contributed by atoms with Crippen LogP contribution in [0.2, 0.25) is 0 Å². The van der Waals surface area contributed by atoms with Crippen LogP contribution < -0.4 is 4.90 Å². The highest BCUT2D eigenvalue weighted by Gasteiger charge is 2.22. The van der Waals surface area contributed by atoms with Crippen molar-refractivity contribution in [2.45, 2.75) is 26.9 Å². The number of amides is 1. The molecule has 0 unspecified atom stereocenters. The van der Waals surface area contributed by atoms with E-state index in [9.17, 15) is 14.3 Å². The van der Waals surface area contributed by atoms with Crippen molar-refractivity contribution in [3.63, 3.8) is 0 Å². The summed E-state index contributed by atoms with van der Waals surface area (Å²) in [5.74, 6) is -0.220. The molecule has 1 saturated heterocycles. The van der Waals surface area contributed by atoms with E-state index in [4.69, 9.17) is 0 Å². The number of halogens is 1. The van der Waals surface area contributed by atoms with Gasteiger partial charge >= 0.3 is 0 Å². The molecule has 110 valence electrons. The van der Waals surface area contributed by atoms with Crippen molar-refractivity contribution in [1.29, 1.82) is 0 Å². The number of aryl methyl sites for hydroxylation is 1. The van der Waals surface area contributed by atoms with Gasteiger partial charge in [-0.2, -0.15) is 0 Å². The number of hydrogen-bond acceptors (Lipinski definition) is 3. The van der Waals surface area contributed by atoms with E-state index in [0.29, 0.717) is 37.3 Å². The summed E-state index contributed by atoms with van der Waals surface area (Å²) in [4.78, 5) is 15.2. The molecule has 1 heterocycles. The second-order valence-corrected chi connectivity index (χ2v) is 5.33. The third-order valence-corrected chi connectivity index (χ3v) is 3.82. The van der Waals surface area contributed by atoms with Gasteiger partial charge in [0.05, 0.1) is 6.10 Å². The van der Waals surface area contributed by atoms with Crippen LogP contribution in [0.3, 0.4) is 0 Å². The SMILES string of the molecule is CC(=O)N1CCN(c2cc(C)c(F)cc2[C@@H](C)O)CC1. The van der Waals surface area contributed by atoms with E-state index in [1.807, 2.05) is 0 Å². The molecule has 1 fully saturated rings. The average molecular weight is 280 g/mol. The predicted octanol–water partition coefficient (Wildman–Crippen LogP) is 1.86. The lowest BCUT2D eigenvalue weighted by molar-refractivity contribution is -0.129. The van der Waals surface area contributed by atoms with Gasteiger partial charge in [0, 0.05) is 44.4 Å². The van der Waals surface area contributed by atoms with E-state index < -0.39 is 6.10 Å². The Bertz CT molecular complexity index is 509. The number of benzene rings is 1. The summed E-state index contributed by atoms with van der Waals surface area (Å²) in [6.07, 6.45) is -0.717. The molecule has 5 heteroatoms. The molecule has 1 aromatic rings. The molecule has 0 aliphatic carbocycles. The van der Waals surface area contributed by atoms with Crippen LogP contribution in [-0.4, -0.2) is 42.1 Å². The molecule has 1 atom stereocenters. The monoisotopic (exact) mass is 280 g/mol. The number of carbonyl (C=O) groups is 1. The number of anilines is 1. The van der Waals surface area contributed by atoms with E-state index in [1.54, 1.807) is 31.7 Å². The van der Waals surface area contributed by atoms with Crippen molar-refractivity contribution in [1.82, 2.24) is 4.90 Å². The Labute approximate surface area is 118 Å². The minimum absolute atomic E-state index is 0.0793. The minimum atomic E-state index is -0.717. The van der Waals surface area contributed by atoms with Crippen molar-refractivity contribution in [3.8, 4) is 0 Å². The maximum absolute atomic E-state index is 13.7. The second-order valence-electron chi connectivity index (χ2n) is 5.33. The van der Waals surface area contributed by atoms with Gasteiger partial charge in [-0.1, -0.05) is 0 Å². The molecular formula is C15H21FN2O2. The fourth-order valence-corrected chi connectivity index (χ4v) is 2.55. The van der Waals surface area contributed by atoms with Crippen molar-refractivity contribution >= 4 is 11.6 Å². The van der Waals surface area contributed by atoms with E-state index in [-0.39, 0.29) is 11.7 Å². The van der Waals surface area contributed by atoms with Crippen LogP contribution in [0.25, 0.3) is 0 Å². The topological polar surface area (TPSA) is 43.8 Å². The summed E-state index contributed by atoms with van der Waals surface area (Å²) in [5.41, 5.74) is 2.03. The smallest absolute Gasteiger partial charge is 0.219 e. The van der Waals surface area contributed by atoms with Gasteiger partial charge in [-0.15, -0.1) is 0 Å². The molecule has 20 heavy (non-hydrogen) atoms. The second kappa shape index (κ2) is 5.79. The van der Waals surface area contributed by atoms with Crippen LogP contribution in [0.4, 0.5) is 10.1 Å². The number of nitrogens with zero attached hydrogens (tertiary/aromatic N) is 2. The number of hydrogen-bond donors (Lipinski definition) is 1. The average Bonchev–Trinajstić information content (AvgIpc) is 2.41. The minimum Gasteiger partial charge on any atom is -0.389 e. The Balaban J connectivity index is 2.25. The van der Waals surface area contributed by atoms with Gasteiger partial charge < -0.3 is 14.9 Å². The Morgan fingerprint density at radius 1 is 1.30 bits per heavy atom. The highest BCUT2D eigenvalue weighted by Crippen LogP contribution is 2.30. The van der Waals surface area contributed by atoms with Gasteiger partial charge in [-0.25, -0.2) is 4.39 Å². The Morgan fingerprint density at radius 3 is 2.40 bits per heavy atom. The molecule has 0 aromatic heterocycles. The van der Waals surface area contributed by atoms with Crippen molar-refractivity contribution in [2.75, 3.05) is 31.1 Å². The molecule has 0 radical (unpaired) electrons. The van der Waals surface area contributed by atoms with Gasteiger partial charge in [-0.05, 0) is 31.5 Å². The van der Waals surface area contributed by atoms with E-state index in [2.05, 4.69) is 4.90 Å². The van der Waals surface area contributed by atoms with Crippen LogP contribution in [0, 0.1) is 12.7 Å². The molecule has 4 nitrogen and oxygen atoms in total. The Hall–Kier alpha value is -1.62. The van der Waals surface area contributed by atoms with Crippen molar-refractivity contribution in [3.05, 3.63) is 29.1 Å². The molecule has 1 aliphatic rings. The third kappa shape index (κ3) is 2.93. The number of carbonyl (C=O) groups excluding carboxylic acids is 1. The van der Waals surface area contributed by atoms with Gasteiger partial charge in [0.15, 0.2) is 0 Å². The largest absolute Gasteiger partial charge is 0.389 e. The first-order chi connectivity index (χ1) is 9.40. The first-order valence-electron chi connectivity index (χ1n) is 6.88. The number of aliphatic hydroxyl groups excluding tert-OH is 1. The molecule has 2 rings (SSSR count). The summed E-state index contributed by atoms with van der Waals surface area (Å²) in [7, 11) is 0. The van der Waals surface area contributed by atoms with Crippen LogP contribution in [0.15, 0.2) is 12.1 Å². The third-order valence-electron chi connectivity index (χ3n) is 3.82. The molecule has 0 saturated carbocycles. The highest BCUT2D eigenvalue weighted by molar-refractivity contribution is 5.73. The summed E-state index contributed by atoms with van der Waals surface area (Å²) in [6, 6.07) is 3.19. The fourth-order valence-electron chi connectivity index (χ4n) is 2.55. The molecule has 1 amide bonds. The summed E-state index contributed by atoms with van der Waals surface area (Å²) in [5, 5.41) is 9.83. The molecule has 0 spiro atoms. The van der Waals surface area contributed by atoms with Gasteiger partial charge in [0.1, 0.15) is 5.82 Å². The number of piperazine rings is 1. The molecule has 1 aliphatic heterocycles. The van der Waals surface area contributed by atoms with E-state index in [1.165, 1.54) is 6.07 Å². The maximum atomic E-state index is 13.7. The van der Waals surface area contributed by atoms with E-state index >= 15 is 0 Å². The van der Waals surface area contributed by atoms with E-state index in [0.717, 1.165) is 5.69 Å². The summed E-state index contributed by atoms with van der Waals surface area (Å²) < 4.78 is 13.7. The number of rotatable bonds is 2. The highest BCUT2D eigenvalue weighted by atomic mass is 19.1. The lowest BCUT2D eigenvalue weighted by atomic mass is 10.0. The molecule has 1 aromatic carbocycles. The Kier molecular flexibility index (Phi) is 4.28. The van der Waals surface area contributed by atoms with Crippen LogP contribution in [0.5, 0.6) is 0 Å². The maximum Gasteiger partial charge on any atom is 0.219 e. The number of aliphatic hydroxyl groups is 1. The zero-order valence-electron chi connectivity index (χ0n) is 12.2. The Morgan fingerprint density at radius 2 is 1.90 bits per heavy atom. The predicted molar refractivity (Wildman–Crippen MR) is 76.2 cm³/mol. The summed E-state index contributed by atoms with van der Waals surface area (Å²) in [6.45, 7) is 7.64. The first-order valence-corrected chi connectivity index (χ1v) is 6.88. The standard InChI is InChI=1S/C15H21FN2O2/c1-10-8-15(13(11(2)19)9-14(10)16)18-6-4-17(5-7-18)12(3)20/h8-9,11,19H,4-7H2,1-3H3/t11-/m1/s1. The van der Waals surface area contributed by atoms with Crippen LogP contribution >= 0.6 is 0 Å². The summed E-state index contributed by atoms with van der Waals surface area (Å²) >= 11 is 0. The van der Waals surface area contributed by atoms with Crippen molar-refractivity contribution < 1.29 is 14.3 Å². The quantitative estimate of drug-likeness (QED) is 0.899. The normalized spacial score (nSPS) is 17.2. The van der Waals surface area contributed by atoms with Gasteiger partial charge in [0.2, 0.25) is 5.91 Å². The van der Waals surface area contributed by atoms with Gasteiger partial charge in [-0.3, -0.25) is 4.79 Å². The lowest BCUT2D eigenvalue weighted by Gasteiger charge is -2.37.